The number of hydrogen-bond acceptors (Lipinski definition) is 5. The summed E-state index contributed by atoms with van der Waals surface area (Å²) in [5.41, 5.74) is -0.481. The summed E-state index contributed by atoms with van der Waals surface area (Å²) in [5, 5.41) is 5.35. The number of carbonyl (C=O) groups excluding carboxylic acids is 2. The van der Waals surface area contributed by atoms with E-state index >= 15 is 0 Å². The van der Waals surface area contributed by atoms with Crippen LogP contribution in [0.3, 0.4) is 0 Å². The molecule has 2 N–H and O–H groups in total. The zero-order chi connectivity index (χ0) is 22.1. The number of unbranched alkanes of at least 4 members (excludes halogenated alkanes) is 1. The van der Waals surface area contributed by atoms with Gasteiger partial charge in [-0.2, -0.15) is 8.78 Å². The molecule has 0 aromatic heterocycles. The molecule has 10 heteroatoms. The molecule has 170 valence electrons. The van der Waals surface area contributed by atoms with Gasteiger partial charge in [-0.15, -0.1) is 0 Å². The van der Waals surface area contributed by atoms with E-state index in [0.717, 1.165) is 19.3 Å². The van der Waals surface area contributed by atoms with Crippen molar-refractivity contribution >= 4 is 12.2 Å². The Labute approximate surface area is 170 Å². The maximum Gasteiger partial charge on any atom is 0.407 e. The second-order valence-electron chi connectivity index (χ2n) is 8.71. The van der Waals surface area contributed by atoms with Gasteiger partial charge in [-0.1, -0.05) is 34.1 Å². The van der Waals surface area contributed by atoms with Gasteiger partial charge in [0.25, 0.3) is 0 Å². The van der Waals surface area contributed by atoms with Gasteiger partial charge in [0.05, 0.1) is 6.61 Å². The molecule has 29 heavy (non-hydrogen) atoms. The van der Waals surface area contributed by atoms with Crippen molar-refractivity contribution in [2.75, 3.05) is 26.6 Å². The molecule has 2 atom stereocenters. The predicted octanol–water partition coefficient (Wildman–Crippen LogP) is 4.36. The third-order valence-electron chi connectivity index (χ3n) is 4.79. The lowest BCUT2D eigenvalue weighted by molar-refractivity contribution is -0.271. The Balaban J connectivity index is 2.57. The highest BCUT2D eigenvalue weighted by atomic mass is 19.3. The second kappa shape index (κ2) is 10.9. The van der Waals surface area contributed by atoms with Crippen molar-refractivity contribution in [1.29, 1.82) is 0 Å². The van der Waals surface area contributed by atoms with Gasteiger partial charge >= 0.3 is 18.3 Å². The number of alkyl halides is 3. The Morgan fingerprint density at radius 3 is 2.45 bits per heavy atom. The molecule has 0 aromatic rings. The number of ether oxygens (including phenoxy) is 3. The Bertz CT molecular complexity index is 548. The molecule has 1 aliphatic rings. The summed E-state index contributed by atoms with van der Waals surface area (Å²) in [5.74, 6) is 0. The summed E-state index contributed by atoms with van der Waals surface area (Å²) < 4.78 is 51.2. The fourth-order valence-corrected chi connectivity index (χ4v) is 4.00. The zero-order valence-corrected chi connectivity index (χ0v) is 17.6. The summed E-state index contributed by atoms with van der Waals surface area (Å²) in [7, 11) is 0. The van der Waals surface area contributed by atoms with Gasteiger partial charge in [-0.3, -0.25) is 4.74 Å². The number of rotatable bonds is 10. The summed E-state index contributed by atoms with van der Waals surface area (Å²) in [4.78, 5) is 23.7. The average molecular weight is 426 g/mol. The van der Waals surface area contributed by atoms with Gasteiger partial charge in [0, 0.05) is 12.6 Å². The molecule has 0 bridgehead atoms. The molecule has 1 aliphatic carbocycles. The lowest BCUT2D eigenvalue weighted by Crippen LogP contribution is -2.50. The average Bonchev–Trinajstić information content (AvgIpc) is 2.57. The number of nitrogens with one attached hydrogen (secondary N) is 2. The maximum atomic E-state index is 13.1. The molecule has 0 radical (unpaired) electrons. The SMILES string of the molecule is CCCCOC(=O)NCC1(C)CC(NC(=O)OCC(F)(F)OCF)CC(C)(C)C1. The van der Waals surface area contributed by atoms with Crippen molar-refractivity contribution in [3.05, 3.63) is 0 Å². The molecular weight excluding hydrogens is 393 g/mol. The molecule has 0 heterocycles. The summed E-state index contributed by atoms with van der Waals surface area (Å²) in [6.07, 6.45) is -1.73. The lowest BCUT2D eigenvalue weighted by atomic mass is 9.62. The van der Waals surface area contributed by atoms with E-state index in [0.29, 0.717) is 26.0 Å². The molecule has 1 fully saturated rings. The third kappa shape index (κ3) is 10.0. The van der Waals surface area contributed by atoms with Crippen LogP contribution >= 0.6 is 0 Å². The van der Waals surface area contributed by atoms with Crippen LogP contribution in [-0.4, -0.2) is 51.0 Å². The minimum absolute atomic E-state index is 0.153. The van der Waals surface area contributed by atoms with Crippen molar-refractivity contribution in [2.24, 2.45) is 10.8 Å². The summed E-state index contributed by atoms with van der Waals surface area (Å²) in [6.45, 7) is 5.72. The molecule has 0 aliphatic heterocycles. The molecule has 7 nitrogen and oxygen atoms in total. The van der Waals surface area contributed by atoms with Crippen molar-refractivity contribution in [1.82, 2.24) is 10.6 Å². The quantitative estimate of drug-likeness (QED) is 0.507. The van der Waals surface area contributed by atoms with Crippen LogP contribution in [0.1, 0.15) is 59.8 Å². The third-order valence-corrected chi connectivity index (χ3v) is 4.79. The summed E-state index contributed by atoms with van der Waals surface area (Å²) >= 11 is 0. The predicted molar refractivity (Wildman–Crippen MR) is 100 cm³/mol. The number of hydrogen-bond donors (Lipinski definition) is 2. The first-order valence-corrected chi connectivity index (χ1v) is 9.82. The fraction of sp³-hybridized carbons (Fsp3) is 0.895. The van der Waals surface area contributed by atoms with E-state index in [1.165, 1.54) is 0 Å². The molecule has 2 amide bonds. The van der Waals surface area contributed by atoms with E-state index in [1.807, 2.05) is 27.7 Å². The van der Waals surface area contributed by atoms with Crippen LogP contribution < -0.4 is 10.6 Å². The van der Waals surface area contributed by atoms with Crippen LogP contribution in [0.2, 0.25) is 0 Å². The van der Waals surface area contributed by atoms with E-state index in [-0.39, 0.29) is 16.9 Å². The number of carbonyl (C=O) groups is 2. The highest BCUT2D eigenvalue weighted by Crippen LogP contribution is 2.45. The van der Waals surface area contributed by atoms with Gasteiger partial charge in [0.1, 0.15) is 0 Å². The van der Waals surface area contributed by atoms with Crippen LogP contribution in [0.25, 0.3) is 0 Å². The van der Waals surface area contributed by atoms with Crippen LogP contribution in [0, 0.1) is 10.8 Å². The van der Waals surface area contributed by atoms with Crippen molar-refractivity contribution in [2.45, 2.75) is 71.9 Å². The monoisotopic (exact) mass is 426 g/mol. The molecule has 0 saturated heterocycles. The molecule has 1 saturated carbocycles. The van der Waals surface area contributed by atoms with Gasteiger partial charge < -0.3 is 20.1 Å². The molecule has 0 spiro atoms. The zero-order valence-electron chi connectivity index (χ0n) is 17.6. The Hall–Kier alpha value is -1.71. The standard InChI is InChI=1S/C19H33F3N2O5/c1-5-6-7-27-15(25)23-11-18(4)9-14(8-17(2,3)10-18)24-16(26)28-12-19(21,22)29-13-20/h14H,5-13H2,1-4H3,(H,23,25)(H,24,26). The van der Waals surface area contributed by atoms with Crippen molar-refractivity contribution in [3.8, 4) is 0 Å². The van der Waals surface area contributed by atoms with Crippen molar-refractivity contribution < 1.29 is 37.0 Å². The van der Waals surface area contributed by atoms with E-state index in [4.69, 9.17) is 4.74 Å². The summed E-state index contributed by atoms with van der Waals surface area (Å²) in [6, 6.07) is -0.329. The number of alkyl carbamates (subject to hydrolysis) is 2. The highest BCUT2D eigenvalue weighted by molar-refractivity contribution is 5.68. The van der Waals surface area contributed by atoms with E-state index in [9.17, 15) is 22.8 Å². The molecule has 0 aromatic carbocycles. The minimum atomic E-state index is -3.88. The first-order valence-electron chi connectivity index (χ1n) is 9.82. The minimum Gasteiger partial charge on any atom is -0.450 e. The first-order chi connectivity index (χ1) is 13.4. The van der Waals surface area contributed by atoms with Gasteiger partial charge in [-0.25, -0.2) is 14.0 Å². The second-order valence-corrected chi connectivity index (χ2v) is 8.71. The van der Waals surface area contributed by atoms with Gasteiger partial charge in [0.15, 0.2) is 13.5 Å². The van der Waals surface area contributed by atoms with Gasteiger partial charge in [0.2, 0.25) is 0 Å². The fourth-order valence-electron chi connectivity index (χ4n) is 4.00. The van der Waals surface area contributed by atoms with Gasteiger partial charge in [-0.05, 0) is 36.5 Å². The molecule has 1 rings (SSSR count). The van der Waals surface area contributed by atoms with Crippen LogP contribution in [-0.2, 0) is 14.2 Å². The van der Waals surface area contributed by atoms with Crippen LogP contribution in [0.15, 0.2) is 0 Å². The normalized spacial score (nSPS) is 23.9. The lowest BCUT2D eigenvalue weighted by Gasteiger charge is -2.46. The smallest absolute Gasteiger partial charge is 0.407 e. The number of amides is 2. The topological polar surface area (TPSA) is 85.9 Å². The molecule has 2 unspecified atom stereocenters. The van der Waals surface area contributed by atoms with E-state index < -0.39 is 31.8 Å². The first kappa shape index (κ1) is 25.3. The number of halogens is 3. The Kier molecular flexibility index (Phi) is 9.51. The van der Waals surface area contributed by atoms with E-state index in [1.54, 1.807) is 0 Å². The van der Waals surface area contributed by atoms with E-state index in [2.05, 4.69) is 20.1 Å². The Morgan fingerprint density at radius 1 is 1.14 bits per heavy atom. The molecular formula is C19H33F3N2O5. The highest BCUT2D eigenvalue weighted by Gasteiger charge is 2.42. The maximum absolute atomic E-state index is 13.1. The largest absolute Gasteiger partial charge is 0.450 e. The van der Waals surface area contributed by atoms with Crippen molar-refractivity contribution in [3.63, 3.8) is 0 Å². The Morgan fingerprint density at radius 2 is 1.83 bits per heavy atom. The van der Waals surface area contributed by atoms with Crippen LogP contribution in [0.4, 0.5) is 22.8 Å². The van der Waals surface area contributed by atoms with Crippen LogP contribution in [0.5, 0.6) is 0 Å².